The van der Waals surface area contributed by atoms with E-state index in [0.717, 1.165) is 4.90 Å². The number of hydrogen-bond donors (Lipinski definition) is 3. The first-order valence-electron chi connectivity index (χ1n) is 7.96. The van der Waals surface area contributed by atoms with Gasteiger partial charge in [-0.15, -0.1) is 0 Å². The molecule has 1 aromatic carbocycles. The van der Waals surface area contributed by atoms with Crippen molar-refractivity contribution < 1.29 is 19.1 Å². The summed E-state index contributed by atoms with van der Waals surface area (Å²) in [7, 11) is 1.40. The molecule has 0 spiro atoms. The summed E-state index contributed by atoms with van der Waals surface area (Å²) in [6.45, 7) is 4.27. The van der Waals surface area contributed by atoms with E-state index < -0.39 is 11.8 Å². The average molecular weight is 343 g/mol. The minimum atomic E-state index is -0.472. The van der Waals surface area contributed by atoms with Crippen molar-refractivity contribution in [2.45, 2.75) is 20.4 Å². The van der Waals surface area contributed by atoms with E-state index >= 15 is 0 Å². The first-order chi connectivity index (χ1) is 12.1. The Bertz CT molecular complexity index is 781. The van der Waals surface area contributed by atoms with E-state index in [2.05, 4.69) is 10.6 Å². The molecule has 2 heterocycles. The highest BCUT2D eigenvalue weighted by molar-refractivity contribution is 6.20. The Labute approximate surface area is 145 Å². The van der Waals surface area contributed by atoms with Crippen molar-refractivity contribution in [1.29, 1.82) is 0 Å². The zero-order valence-corrected chi connectivity index (χ0v) is 14.4. The molecule has 0 unspecified atom stereocenters. The van der Waals surface area contributed by atoms with Crippen LogP contribution in [-0.4, -0.2) is 28.9 Å². The van der Waals surface area contributed by atoms with Gasteiger partial charge in [0.25, 0.3) is 11.8 Å². The summed E-state index contributed by atoms with van der Waals surface area (Å²) in [4.78, 5) is 25.5. The lowest BCUT2D eigenvalue weighted by molar-refractivity contribution is -0.136. The van der Waals surface area contributed by atoms with Crippen LogP contribution < -0.4 is 10.6 Å². The number of aromatic hydroxyl groups is 1. The molecule has 0 saturated carbocycles. The standard InChI is InChI=1S/C16H15N3O4.C2H6/c1-19-15(21)13(17-9-10-5-4-8-23-10)14(16(19)22)18-11-6-2-3-7-12(11)20;1-2/h2-8,17-18,20H,9H2,1H3;1-2H3. The van der Waals surface area contributed by atoms with Gasteiger partial charge in [0, 0.05) is 7.05 Å². The fourth-order valence-electron chi connectivity index (χ4n) is 2.22. The number of hydrogen-bond acceptors (Lipinski definition) is 6. The van der Waals surface area contributed by atoms with Gasteiger partial charge in [-0.2, -0.15) is 0 Å². The molecule has 2 amide bonds. The highest BCUT2D eigenvalue weighted by Gasteiger charge is 2.36. The number of furan rings is 1. The summed E-state index contributed by atoms with van der Waals surface area (Å²) in [5, 5.41) is 15.6. The Morgan fingerprint density at radius 2 is 1.72 bits per heavy atom. The summed E-state index contributed by atoms with van der Waals surface area (Å²) < 4.78 is 5.20. The van der Waals surface area contributed by atoms with Crippen molar-refractivity contribution in [3.05, 3.63) is 59.8 Å². The second-order valence-corrected chi connectivity index (χ2v) is 4.99. The molecule has 2 aromatic rings. The SMILES string of the molecule is CC.CN1C(=O)C(NCc2ccco2)=C(Nc2ccccc2O)C1=O. The molecule has 0 saturated heterocycles. The Kier molecular flexibility index (Phi) is 5.84. The molecule has 1 aliphatic heterocycles. The Hall–Kier alpha value is -3.22. The van der Waals surface area contributed by atoms with Crippen LogP contribution in [0.2, 0.25) is 0 Å². The van der Waals surface area contributed by atoms with Gasteiger partial charge in [-0.05, 0) is 24.3 Å². The van der Waals surface area contributed by atoms with Crippen LogP contribution in [0.3, 0.4) is 0 Å². The molecule has 3 rings (SSSR count). The van der Waals surface area contributed by atoms with Gasteiger partial charge in [0.05, 0.1) is 18.5 Å². The summed E-state index contributed by atoms with van der Waals surface area (Å²) in [5.74, 6) is -0.297. The van der Waals surface area contributed by atoms with Crippen LogP contribution in [0.1, 0.15) is 19.6 Å². The summed E-state index contributed by atoms with van der Waals surface area (Å²) >= 11 is 0. The number of nitrogens with zero attached hydrogens (tertiary/aromatic N) is 1. The second kappa shape index (κ2) is 8.05. The van der Waals surface area contributed by atoms with Crippen molar-refractivity contribution >= 4 is 17.5 Å². The maximum absolute atomic E-state index is 12.2. The molecular weight excluding hydrogens is 322 g/mol. The van der Waals surface area contributed by atoms with E-state index in [-0.39, 0.29) is 23.7 Å². The lowest BCUT2D eigenvalue weighted by atomic mass is 10.2. The molecule has 3 N–H and O–H groups in total. The molecule has 0 atom stereocenters. The monoisotopic (exact) mass is 343 g/mol. The lowest BCUT2D eigenvalue weighted by Gasteiger charge is -2.10. The van der Waals surface area contributed by atoms with Crippen LogP contribution in [0.4, 0.5) is 5.69 Å². The van der Waals surface area contributed by atoms with E-state index in [0.29, 0.717) is 11.4 Å². The highest BCUT2D eigenvalue weighted by atomic mass is 16.3. The smallest absolute Gasteiger partial charge is 0.279 e. The number of para-hydroxylation sites is 2. The number of rotatable bonds is 5. The number of carbonyl (C=O) groups is 2. The third-order valence-electron chi connectivity index (χ3n) is 3.47. The zero-order chi connectivity index (χ0) is 18.4. The summed E-state index contributed by atoms with van der Waals surface area (Å²) in [6.07, 6.45) is 1.53. The van der Waals surface area contributed by atoms with Gasteiger partial charge >= 0.3 is 0 Å². The molecule has 7 heteroatoms. The third-order valence-corrected chi connectivity index (χ3v) is 3.47. The second-order valence-electron chi connectivity index (χ2n) is 4.99. The number of likely N-dealkylation sites (N-methyl/N-ethyl adjacent to an activating group) is 1. The number of anilines is 1. The summed E-state index contributed by atoms with van der Waals surface area (Å²) in [6, 6.07) is 9.98. The van der Waals surface area contributed by atoms with E-state index in [1.54, 1.807) is 30.3 Å². The van der Waals surface area contributed by atoms with Gasteiger partial charge in [-0.1, -0.05) is 26.0 Å². The van der Waals surface area contributed by atoms with Crippen LogP contribution in [0.15, 0.2) is 58.5 Å². The predicted molar refractivity (Wildman–Crippen MR) is 93.4 cm³/mol. The number of benzene rings is 1. The number of nitrogens with one attached hydrogen (secondary N) is 2. The summed E-state index contributed by atoms with van der Waals surface area (Å²) in [5.41, 5.74) is 0.568. The predicted octanol–water partition coefficient (Wildman–Crippen LogP) is 2.42. The molecule has 7 nitrogen and oxygen atoms in total. The third kappa shape index (κ3) is 3.82. The van der Waals surface area contributed by atoms with Gasteiger partial charge in [0.1, 0.15) is 22.9 Å². The Morgan fingerprint density at radius 1 is 1.04 bits per heavy atom. The largest absolute Gasteiger partial charge is 0.506 e. The van der Waals surface area contributed by atoms with Gasteiger partial charge in [0.15, 0.2) is 0 Å². The number of amides is 2. The van der Waals surface area contributed by atoms with E-state index in [1.807, 2.05) is 13.8 Å². The van der Waals surface area contributed by atoms with Crippen LogP contribution in [0, 0.1) is 0 Å². The average Bonchev–Trinajstić information content (AvgIpc) is 3.21. The fourth-order valence-corrected chi connectivity index (χ4v) is 2.22. The van der Waals surface area contributed by atoms with Crippen LogP contribution in [-0.2, 0) is 16.1 Å². The number of carbonyl (C=O) groups excluding carboxylic acids is 2. The van der Waals surface area contributed by atoms with Crippen LogP contribution >= 0.6 is 0 Å². The van der Waals surface area contributed by atoms with Gasteiger partial charge in [0.2, 0.25) is 0 Å². The maximum Gasteiger partial charge on any atom is 0.279 e. The topological polar surface area (TPSA) is 94.8 Å². The first kappa shape index (κ1) is 18.1. The van der Waals surface area contributed by atoms with Crippen LogP contribution in [0.5, 0.6) is 5.75 Å². The molecule has 1 aliphatic rings. The Balaban J connectivity index is 0.00000109. The molecule has 0 bridgehead atoms. The molecular formula is C18H21N3O4. The minimum Gasteiger partial charge on any atom is -0.506 e. The minimum absolute atomic E-state index is 0.0137. The quantitative estimate of drug-likeness (QED) is 0.570. The Morgan fingerprint density at radius 3 is 2.36 bits per heavy atom. The van der Waals surface area contributed by atoms with Crippen molar-refractivity contribution in [3.63, 3.8) is 0 Å². The van der Waals surface area contributed by atoms with E-state index in [4.69, 9.17) is 4.42 Å². The normalized spacial score (nSPS) is 13.6. The van der Waals surface area contributed by atoms with Crippen molar-refractivity contribution in [2.75, 3.05) is 12.4 Å². The molecule has 0 radical (unpaired) electrons. The van der Waals surface area contributed by atoms with Gasteiger partial charge in [-0.25, -0.2) is 0 Å². The number of phenolic OH excluding ortho intramolecular Hbond substituents is 1. The van der Waals surface area contributed by atoms with Gasteiger partial charge < -0.3 is 20.2 Å². The van der Waals surface area contributed by atoms with Crippen LogP contribution in [0.25, 0.3) is 0 Å². The molecule has 132 valence electrons. The number of phenols is 1. The number of imide groups is 1. The van der Waals surface area contributed by atoms with E-state index in [9.17, 15) is 14.7 Å². The van der Waals surface area contributed by atoms with Crippen molar-refractivity contribution in [2.24, 2.45) is 0 Å². The van der Waals surface area contributed by atoms with Crippen molar-refractivity contribution in [3.8, 4) is 5.75 Å². The maximum atomic E-state index is 12.2. The molecule has 0 fully saturated rings. The molecule has 1 aromatic heterocycles. The first-order valence-corrected chi connectivity index (χ1v) is 7.96. The fraction of sp³-hybridized carbons (Fsp3) is 0.222. The van der Waals surface area contributed by atoms with Crippen molar-refractivity contribution in [1.82, 2.24) is 10.2 Å². The molecule has 25 heavy (non-hydrogen) atoms. The molecule has 0 aliphatic carbocycles. The van der Waals surface area contributed by atoms with E-state index in [1.165, 1.54) is 19.4 Å². The highest BCUT2D eigenvalue weighted by Crippen LogP contribution is 2.26. The lowest BCUT2D eigenvalue weighted by Crippen LogP contribution is -2.29. The van der Waals surface area contributed by atoms with Gasteiger partial charge in [-0.3, -0.25) is 14.5 Å². The zero-order valence-electron chi connectivity index (χ0n) is 14.4.